The number of furan rings is 1. The fourth-order valence-corrected chi connectivity index (χ4v) is 4.36. The van der Waals surface area contributed by atoms with Gasteiger partial charge in [-0.25, -0.2) is 13.6 Å². The van der Waals surface area contributed by atoms with Crippen LogP contribution in [0.4, 0.5) is 8.78 Å². The van der Waals surface area contributed by atoms with Crippen LogP contribution in [0.25, 0.3) is 33.2 Å². The van der Waals surface area contributed by atoms with Crippen molar-refractivity contribution in [2.75, 3.05) is 0 Å². The first kappa shape index (κ1) is 19.3. The maximum Gasteiger partial charge on any atom is 0.336 e. The molecule has 0 atom stereocenters. The van der Waals surface area contributed by atoms with E-state index < -0.39 is 5.63 Å². The fraction of sp³-hybridized carbons (Fsp3) is 0. The smallest absolute Gasteiger partial charge is 0.336 e. The van der Waals surface area contributed by atoms with E-state index in [1.807, 2.05) is 18.2 Å². The highest BCUT2D eigenvalue weighted by Crippen LogP contribution is 2.35. The van der Waals surface area contributed by atoms with Crippen molar-refractivity contribution in [1.29, 1.82) is 0 Å². The zero-order valence-corrected chi connectivity index (χ0v) is 16.8. The predicted octanol–water partition coefficient (Wildman–Crippen LogP) is 7.15. The minimum Gasteiger partial charge on any atom is -0.472 e. The normalized spacial score (nSPS) is 11.2. The molecule has 0 saturated heterocycles. The Labute approximate surface area is 179 Å². The van der Waals surface area contributed by atoms with Gasteiger partial charge < -0.3 is 8.83 Å². The van der Waals surface area contributed by atoms with E-state index in [1.54, 1.807) is 36.8 Å². The van der Waals surface area contributed by atoms with E-state index in [1.165, 1.54) is 42.1 Å². The monoisotopic (exact) mass is 432 g/mol. The molecule has 2 aromatic heterocycles. The molecule has 0 aliphatic heterocycles. The Morgan fingerprint density at radius 2 is 1.55 bits per heavy atom. The molecule has 3 nitrogen and oxygen atoms in total. The van der Waals surface area contributed by atoms with Gasteiger partial charge in [-0.15, -0.1) is 0 Å². The molecule has 5 aromatic rings. The summed E-state index contributed by atoms with van der Waals surface area (Å²) in [5.41, 5.74) is 2.85. The molecular weight excluding hydrogens is 418 g/mol. The number of benzene rings is 3. The second-order valence-electron chi connectivity index (χ2n) is 6.93. The van der Waals surface area contributed by atoms with Crippen LogP contribution in [0.2, 0.25) is 0 Å². The number of rotatable bonds is 4. The highest BCUT2D eigenvalue weighted by atomic mass is 32.2. The topological polar surface area (TPSA) is 43.4 Å². The largest absolute Gasteiger partial charge is 0.472 e. The molecule has 3 aromatic carbocycles. The van der Waals surface area contributed by atoms with E-state index in [9.17, 15) is 13.6 Å². The lowest BCUT2D eigenvalue weighted by molar-refractivity contribution is 0.560. The molecule has 0 bridgehead atoms. The highest BCUT2D eigenvalue weighted by molar-refractivity contribution is 7.99. The Balaban J connectivity index is 1.52. The van der Waals surface area contributed by atoms with Crippen LogP contribution >= 0.6 is 11.8 Å². The summed E-state index contributed by atoms with van der Waals surface area (Å²) in [5.74, 6) is -0.735. The molecule has 152 valence electrons. The summed E-state index contributed by atoms with van der Waals surface area (Å²) in [6.07, 6.45) is 3.11. The maximum absolute atomic E-state index is 14.3. The van der Waals surface area contributed by atoms with Gasteiger partial charge in [0.1, 0.15) is 17.2 Å². The minimum absolute atomic E-state index is 0.345. The summed E-state index contributed by atoms with van der Waals surface area (Å²) in [4.78, 5) is 13.5. The average molecular weight is 432 g/mol. The standard InChI is InChI=1S/C25H14F2O3S/c26-18-3-1-15(2-4-18)17-9-19(27)11-21(10-17)31-20-5-6-22-23(16-7-8-29-14-16)13-25(28)30-24(22)12-20/h1-14H. The van der Waals surface area contributed by atoms with E-state index in [4.69, 9.17) is 8.83 Å². The third kappa shape index (κ3) is 4.02. The van der Waals surface area contributed by atoms with Gasteiger partial charge in [0, 0.05) is 32.4 Å². The molecule has 2 heterocycles. The van der Waals surface area contributed by atoms with Gasteiger partial charge >= 0.3 is 5.63 Å². The van der Waals surface area contributed by atoms with Gasteiger partial charge in [-0.1, -0.05) is 23.9 Å². The molecule has 6 heteroatoms. The minimum atomic E-state index is -0.463. The average Bonchev–Trinajstić information content (AvgIpc) is 3.28. The van der Waals surface area contributed by atoms with Gasteiger partial charge in [0.05, 0.1) is 12.5 Å². The molecule has 0 spiro atoms. The summed E-state index contributed by atoms with van der Waals surface area (Å²) in [6, 6.07) is 19.3. The molecule has 0 unspecified atom stereocenters. The van der Waals surface area contributed by atoms with Crippen molar-refractivity contribution in [2.45, 2.75) is 9.79 Å². The Morgan fingerprint density at radius 3 is 2.32 bits per heavy atom. The van der Waals surface area contributed by atoms with Crippen molar-refractivity contribution >= 4 is 22.7 Å². The van der Waals surface area contributed by atoms with Crippen molar-refractivity contribution in [3.63, 3.8) is 0 Å². The third-order valence-electron chi connectivity index (χ3n) is 4.83. The first-order chi connectivity index (χ1) is 15.0. The SMILES string of the molecule is O=c1cc(-c2ccoc2)c2ccc(Sc3cc(F)cc(-c4ccc(F)cc4)c3)cc2o1. The Bertz CT molecular complexity index is 1440. The Morgan fingerprint density at radius 1 is 0.710 bits per heavy atom. The van der Waals surface area contributed by atoms with Crippen LogP contribution in [0.5, 0.6) is 0 Å². The zero-order valence-electron chi connectivity index (χ0n) is 16.0. The Hall–Kier alpha value is -3.64. The first-order valence-electron chi connectivity index (χ1n) is 9.40. The zero-order chi connectivity index (χ0) is 21.4. The summed E-state index contributed by atoms with van der Waals surface area (Å²) >= 11 is 1.34. The first-order valence-corrected chi connectivity index (χ1v) is 10.2. The number of hydrogen-bond donors (Lipinski definition) is 0. The van der Waals surface area contributed by atoms with E-state index in [0.29, 0.717) is 16.0 Å². The summed E-state index contributed by atoms with van der Waals surface area (Å²) in [6.45, 7) is 0. The van der Waals surface area contributed by atoms with Crippen molar-refractivity contribution in [3.8, 4) is 22.3 Å². The van der Waals surface area contributed by atoms with Crippen LogP contribution in [-0.2, 0) is 0 Å². The van der Waals surface area contributed by atoms with Crippen molar-refractivity contribution in [2.24, 2.45) is 0 Å². The quantitative estimate of drug-likeness (QED) is 0.283. The summed E-state index contributed by atoms with van der Waals surface area (Å²) in [7, 11) is 0. The molecule has 31 heavy (non-hydrogen) atoms. The highest BCUT2D eigenvalue weighted by Gasteiger charge is 2.11. The van der Waals surface area contributed by atoms with Crippen LogP contribution < -0.4 is 5.63 Å². The predicted molar refractivity (Wildman–Crippen MR) is 116 cm³/mol. The number of halogens is 2. The van der Waals surface area contributed by atoms with E-state index in [0.717, 1.165) is 27.0 Å². The maximum atomic E-state index is 14.3. The molecule has 0 aliphatic carbocycles. The van der Waals surface area contributed by atoms with Crippen molar-refractivity contribution < 1.29 is 17.6 Å². The van der Waals surface area contributed by atoms with Crippen LogP contribution in [0, 0.1) is 11.6 Å². The molecule has 0 saturated carbocycles. The second kappa shape index (κ2) is 7.89. The van der Waals surface area contributed by atoms with E-state index in [2.05, 4.69) is 0 Å². The van der Waals surface area contributed by atoms with Gasteiger partial charge in [0.2, 0.25) is 0 Å². The van der Waals surface area contributed by atoms with E-state index >= 15 is 0 Å². The molecule has 0 radical (unpaired) electrons. The molecular formula is C25H14F2O3S. The second-order valence-corrected chi connectivity index (χ2v) is 8.08. The van der Waals surface area contributed by atoms with Crippen molar-refractivity contribution in [3.05, 3.63) is 107 Å². The van der Waals surface area contributed by atoms with Gasteiger partial charge in [-0.2, -0.15) is 0 Å². The molecule has 0 fully saturated rings. The lowest BCUT2D eigenvalue weighted by Gasteiger charge is -2.08. The third-order valence-corrected chi connectivity index (χ3v) is 5.79. The lowest BCUT2D eigenvalue weighted by atomic mass is 10.1. The number of hydrogen-bond acceptors (Lipinski definition) is 4. The van der Waals surface area contributed by atoms with Crippen LogP contribution in [0.15, 0.2) is 109 Å². The van der Waals surface area contributed by atoms with Crippen LogP contribution in [-0.4, -0.2) is 0 Å². The van der Waals surface area contributed by atoms with Gasteiger partial charge in [0.25, 0.3) is 0 Å². The summed E-state index contributed by atoms with van der Waals surface area (Å²) < 4.78 is 38.0. The Kier molecular flexibility index (Phi) is 4.92. The van der Waals surface area contributed by atoms with Crippen LogP contribution in [0.1, 0.15) is 0 Å². The van der Waals surface area contributed by atoms with Gasteiger partial charge in [0.15, 0.2) is 0 Å². The molecule has 0 aliphatic rings. The van der Waals surface area contributed by atoms with E-state index in [-0.39, 0.29) is 11.6 Å². The van der Waals surface area contributed by atoms with Crippen molar-refractivity contribution in [1.82, 2.24) is 0 Å². The fourth-order valence-electron chi connectivity index (χ4n) is 3.43. The molecule has 5 rings (SSSR count). The molecule has 0 amide bonds. The van der Waals surface area contributed by atoms with Gasteiger partial charge in [-0.05, 0) is 65.7 Å². The van der Waals surface area contributed by atoms with Gasteiger partial charge in [-0.3, -0.25) is 0 Å². The van der Waals surface area contributed by atoms with Crippen LogP contribution in [0.3, 0.4) is 0 Å². The molecule has 0 N–H and O–H groups in total. The lowest BCUT2D eigenvalue weighted by Crippen LogP contribution is -1.97. The summed E-state index contributed by atoms with van der Waals surface area (Å²) in [5, 5.41) is 0.775. The number of fused-ring (bicyclic) bond motifs is 1.